The molecule has 1 aromatic rings. The second-order valence-electron chi connectivity index (χ2n) is 6.88. The number of esters is 4. The van der Waals surface area contributed by atoms with Crippen LogP contribution in [0.4, 0.5) is 13.6 Å². The number of hydrogen-bond donors (Lipinski definition) is 2. The van der Waals surface area contributed by atoms with E-state index in [1.54, 1.807) is 0 Å². The zero-order valence-corrected chi connectivity index (χ0v) is 21.6. The van der Waals surface area contributed by atoms with Crippen LogP contribution in [0.2, 0.25) is 0 Å². The van der Waals surface area contributed by atoms with Gasteiger partial charge in [-0.1, -0.05) is 35.4 Å². The number of hydrogen-bond acceptors (Lipinski definition) is 12. The smallest absolute Gasteiger partial charge is 0.415 e. The average molecular weight is 577 g/mol. The molecule has 0 aliphatic carbocycles. The number of cyclic esters (lactones) is 2. The molecule has 0 bridgehead atoms. The first kappa shape index (κ1) is 37.5. The van der Waals surface area contributed by atoms with Crippen molar-refractivity contribution in [2.45, 2.75) is 39.3 Å². The number of rotatable bonds is 10. The molecule has 4 N–H and O–H groups in total. The summed E-state index contributed by atoms with van der Waals surface area (Å²) in [5.74, 6) is -4.77. The Bertz CT molecular complexity index is 994. The molecule has 222 valence electrons. The maximum atomic E-state index is 11.4. The summed E-state index contributed by atoms with van der Waals surface area (Å²) in [7, 11) is 0. The van der Waals surface area contributed by atoms with E-state index in [4.69, 9.17) is 24.9 Å². The molecule has 16 nitrogen and oxygen atoms in total. The number of azide groups is 1. The van der Waals surface area contributed by atoms with Crippen molar-refractivity contribution in [3.8, 4) is 0 Å². The molecule has 0 spiro atoms. The lowest BCUT2D eigenvalue weighted by molar-refractivity contribution is -0.374. The van der Waals surface area contributed by atoms with Crippen LogP contribution >= 0.6 is 0 Å². The van der Waals surface area contributed by atoms with Crippen molar-refractivity contribution < 1.29 is 67.3 Å². The zero-order chi connectivity index (χ0) is 30.9. The van der Waals surface area contributed by atoms with Crippen LogP contribution in [0.25, 0.3) is 10.4 Å². The van der Waals surface area contributed by atoms with E-state index in [1.165, 1.54) is 13.8 Å². The second kappa shape index (κ2) is 23.4. The van der Waals surface area contributed by atoms with Gasteiger partial charge in [-0.15, -0.1) is 0 Å². The minimum absolute atomic E-state index is 0.134. The molecular weight excluding hydrogens is 548 g/mol. The Morgan fingerprint density at radius 2 is 1.73 bits per heavy atom. The van der Waals surface area contributed by atoms with E-state index in [9.17, 15) is 32.8 Å². The van der Waals surface area contributed by atoms with Crippen LogP contribution in [-0.4, -0.2) is 74.7 Å². The molecular formula is C22H29F2N5O11. The fourth-order valence-corrected chi connectivity index (χ4v) is 2.05. The molecule has 0 unspecified atom stereocenters. The molecule has 1 aliphatic rings. The van der Waals surface area contributed by atoms with Gasteiger partial charge in [0.15, 0.2) is 0 Å². The summed E-state index contributed by atoms with van der Waals surface area (Å²) >= 11 is 0. The number of carboxylic acid groups (broad SMARTS) is 1. The molecule has 40 heavy (non-hydrogen) atoms. The van der Waals surface area contributed by atoms with Gasteiger partial charge in [-0.2, -0.15) is 0 Å². The number of aliphatic carboxylic acids is 1. The van der Waals surface area contributed by atoms with Crippen molar-refractivity contribution in [2.24, 2.45) is 5.11 Å². The van der Waals surface area contributed by atoms with Gasteiger partial charge in [0, 0.05) is 25.3 Å². The summed E-state index contributed by atoms with van der Waals surface area (Å²) < 4.78 is 39.1. The lowest BCUT2D eigenvalue weighted by atomic mass is 10.2. The molecule has 1 heterocycles. The van der Waals surface area contributed by atoms with E-state index >= 15 is 0 Å². The normalized spacial score (nSPS) is 12.8. The SMILES string of the molecule is CC(=O)OC(C)=O.O=C(C[C@@H]1NC(=O)OC1=O)OCc1ccccc1.O=C([O-])C(F)F.[N-]=[N+]=NCCOCC[NH3+]. The lowest BCUT2D eigenvalue weighted by Gasteiger charge is -2.06. The van der Waals surface area contributed by atoms with Crippen LogP contribution in [0.5, 0.6) is 0 Å². The van der Waals surface area contributed by atoms with Gasteiger partial charge in [-0.25, -0.2) is 18.4 Å². The fraction of sp³-hybridized carbons (Fsp3) is 0.455. The number of ether oxygens (including phenoxy) is 4. The van der Waals surface area contributed by atoms with Crippen molar-refractivity contribution in [2.75, 3.05) is 26.3 Å². The second-order valence-corrected chi connectivity index (χ2v) is 6.88. The first-order chi connectivity index (χ1) is 18.8. The number of alkyl carbamates (subject to hydrolysis) is 1. The maximum Gasteiger partial charge on any atom is 0.415 e. The minimum Gasteiger partial charge on any atom is -0.544 e. The van der Waals surface area contributed by atoms with E-state index in [0.717, 1.165) is 12.1 Å². The number of amides is 1. The first-order valence-corrected chi connectivity index (χ1v) is 11.1. The number of halogens is 2. The molecule has 0 aromatic heterocycles. The number of carboxylic acids is 1. The summed E-state index contributed by atoms with van der Waals surface area (Å²) in [5, 5.41) is 14.3. The Morgan fingerprint density at radius 1 is 1.15 bits per heavy atom. The van der Waals surface area contributed by atoms with Gasteiger partial charge in [0.2, 0.25) is 0 Å². The summed E-state index contributed by atoms with van der Waals surface area (Å²) in [5.41, 5.74) is 12.2. The Hall–Kier alpha value is -4.67. The van der Waals surface area contributed by atoms with Gasteiger partial charge >= 0.3 is 30.0 Å². The summed E-state index contributed by atoms with van der Waals surface area (Å²) in [4.78, 5) is 64.3. The summed E-state index contributed by atoms with van der Waals surface area (Å²) in [6.45, 7) is 4.81. The van der Waals surface area contributed by atoms with E-state index in [2.05, 4.69) is 30.6 Å². The van der Waals surface area contributed by atoms with Gasteiger partial charge in [0.05, 0.1) is 26.2 Å². The third-order valence-corrected chi connectivity index (χ3v) is 3.54. The molecule has 0 radical (unpaired) electrons. The zero-order valence-electron chi connectivity index (χ0n) is 21.6. The van der Waals surface area contributed by atoms with Crippen LogP contribution in [-0.2, 0) is 49.5 Å². The van der Waals surface area contributed by atoms with E-state index in [0.29, 0.717) is 19.8 Å². The highest BCUT2D eigenvalue weighted by atomic mass is 19.3. The van der Waals surface area contributed by atoms with E-state index in [1.807, 2.05) is 30.3 Å². The van der Waals surface area contributed by atoms with Crippen molar-refractivity contribution in [1.82, 2.24) is 5.32 Å². The van der Waals surface area contributed by atoms with E-state index < -0.39 is 48.4 Å². The third kappa shape index (κ3) is 23.7. The summed E-state index contributed by atoms with van der Waals surface area (Å²) in [6, 6.07) is 8.21. The molecule has 1 atom stereocenters. The molecule has 1 aromatic carbocycles. The first-order valence-electron chi connectivity index (χ1n) is 11.1. The number of quaternary nitrogens is 1. The molecule has 1 amide bonds. The highest BCUT2D eigenvalue weighted by molar-refractivity contribution is 5.97. The van der Waals surface area contributed by atoms with Gasteiger partial charge in [-0.3, -0.25) is 14.4 Å². The Morgan fingerprint density at radius 3 is 2.12 bits per heavy atom. The standard InChI is InChI=1S/C12H11NO5.C4H10N4O.C4H6O3.C2H2F2O2/c14-10(6-9-11(15)18-12(16)13-9)17-7-8-4-2-1-3-5-8;5-1-3-9-4-2-7-8-6;1-3(5)7-4(2)6;3-1(4)2(5)6/h1-5,9H,6-7H2,(H,13,16);1-5H2;1-2H3;1H,(H,5,6)/t9-;;;/m0.../s1. The third-order valence-electron chi connectivity index (χ3n) is 3.54. The van der Waals surface area contributed by atoms with Crippen molar-refractivity contribution in [1.29, 1.82) is 0 Å². The van der Waals surface area contributed by atoms with Gasteiger partial charge in [0.25, 0.3) is 6.43 Å². The summed E-state index contributed by atoms with van der Waals surface area (Å²) in [6.07, 6.45) is -4.40. The number of carbonyl (C=O) groups excluding carboxylic acids is 6. The van der Waals surface area contributed by atoms with Gasteiger partial charge in [0.1, 0.15) is 18.6 Å². The predicted molar refractivity (Wildman–Crippen MR) is 125 cm³/mol. The average Bonchev–Trinajstić information content (AvgIpc) is 3.19. The lowest BCUT2D eigenvalue weighted by Crippen LogP contribution is -2.52. The van der Waals surface area contributed by atoms with Crippen LogP contribution < -0.4 is 16.2 Å². The van der Waals surface area contributed by atoms with Crippen LogP contribution in [0, 0.1) is 0 Å². The predicted octanol–water partition coefficient (Wildman–Crippen LogP) is -0.592. The van der Waals surface area contributed by atoms with Crippen LogP contribution in [0.15, 0.2) is 35.4 Å². The quantitative estimate of drug-likeness (QED) is 0.0676. The number of carbonyl (C=O) groups is 6. The highest BCUT2D eigenvalue weighted by Crippen LogP contribution is 2.07. The number of benzene rings is 1. The number of nitrogens with zero attached hydrogens (tertiary/aromatic N) is 3. The van der Waals surface area contributed by atoms with E-state index in [-0.39, 0.29) is 13.0 Å². The van der Waals surface area contributed by atoms with Crippen molar-refractivity contribution in [3.05, 3.63) is 46.3 Å². The molecule has 1 saturated heterocycles. The molecule has 1 aliphatic heterocycles. The Labute approximate surface area is 226 Å². The topological polar surface area (TPSA) is 251 Å². The Kier molecular flexibility index (Phi) is 22.0. The molecule has 18 heteroatoms. The highest BCUT2D eigenvalue weighted by Gasteiger charge is 2.34. The van der Waals surface area contributed by atoms with Gasteiger partial charge < -0.3 is 39.9 Å². The Balaban J connectivity index is 0. The maximum absolute atomic E-state index is 11.4. The minimum atomic E-state index is -3.34. The fourth-order valence-electron chi connectivity index (χ4n) is 2.05. The molecule has 2 rings (SSSR count). The van der Waals surface area contributed by atoms with Crippen molar-refractivity contribution >= 4 is 35.9 Å². The largest absolute Gasteiger partial charge is 0.544 e. The van der Waals surface area contributed by atoms with Gasteiger partial charge in [-0.05, 0) is 11.1 Å². The molecule has 0 saturated carbocycles. The van der Waals surface area contributed by atoms with Crippen LogP contribution in [0.3, 0.4) is 0 Å². The monoisotopic (exact) mass is 577 g/mol. The number of alkyl halides is 2. The molecule has 1 fully saturated rings. The number of nitrogens with one attached hydrogen (secondary N) is 1. The van der Waals surface area contributed by atoms with Crippen LogP contribution in [0.1, 0.15) is 25.8 Å². The van der Waals surface area contributed by atoms with Crippen molar-refractivity contribution in [3.63, 3.8) is 0 Å².